The zero-order valence-electron chi connectivity index (χ0n) is 10.5. The summed E-state index contributed by atoms with van der Waals surface area (Å²) in [5, 5.41) is 88.5. The molecule has 0 rings (SSSR count). The molecule has 25 heavy (non-hydrogen) atoms. The summed E-state index contributed by atoms with van der Waals surface area (Å²) in [5.74, 6) is 0. The van der Waals surface area contributed by atoms with E-state index in [1.54, 1.807) is 0 Å². The molecule has 142 valence electrons. The van der Waals surface area contributed by atoms with Gasteiger partial charge in [-0.15, -0.1) is 0 Å². The largest absolute Gasteiger partial charge is 6.00 e. The van der Waals surface area contributed by atoms with Gasteiger partial charge in [-0.2, -0.15) is 0 Å². The number of hydrogen-bond donors (Lipinski definition) is 0. The average molecular weight is 610 g/mol. The van der Waals surface area contributed by atoms with Crippen molar-refractivity contribution in [2.45, 2.75) is 0 Å². The van der Waals surface area contributed by atoms with Crippen molar-refractivity contribution in [1.82, 2.24) is 0 Å². The first-order valence-electron chi connectivity index (χ1n) is 3.29. The second-order valence-electron chi connectivity index (χ2n) is 1.34. The molecule has 0 fully saturated rings. The van der Waals surface area contributed by atoms with Crippen LogP contribution < -0.4 is 0 Å². The quantitative estimate of drug-likeness (QED) is 0.224. The van der Waals surface area contributed by atoms with E-state index in [0.717, 1.165) is 0 Å². The third-order valence-corrected chi connectivity index (χ3v) is 0. The molecule has 0 amide bonds. The van der Waals surface area contributed by atoms with Crippen LogP contribution in [0.1, 0.15) is 0 Å². The van der Waals surface area contributed by atoms with Gasteiger partial charge in [0.2, 0.25) is 0 Å². The molecular formula is N6O18U. The van der Waals surface area contributed by atoms with E-state index in [-0.39, 0.29) is 31.1 Å². The summed E-state index contributed by atoms with van der Waals surface area (Å²) >= 11 is 0. The molecule has 24 nitrogen and oxygen atoms in total. The van der Waals surface area contributed by atoms with Gasteiger partial charge in [0.15, 0.2) is 0 Å². The molecule has 0 unspecified atom stereocenters. The van der Waals surface area contributed by atoms with Crippen molar-refractivity contribution in [2.24, 2.45) is 0 Å². The van der Waals surface area contributed by atoms with Crippen molar-refractivity contribution in [2.75, 3.05) is 0 Å². The standard InChI is InChI=1S/6NO3.U/c6*2-1(3)4;/q6*-1;+6. The minimum atomic E-state index is -1.75. The zero-order chi connectivity index (χ0) is 21.5. The minimum absolute atomic E-state index is 0. The van der Waals surface area contributed by atoms with Crippen LogP contribution >= 0.6 is 0 Å². The van der Waals surface area contributed by atoms with Crippen molar-refractivity contribution in [3.05, 3.63) is 91.9 Å². The van der Waals surface area contributed by atoms with E-state index in [4.69, 9.17) is 91.9 Å². The van der Waals surface area contributed by atoms with Crippen molar-refractivity contribution >= 4 is 0 Å². The Kier molecular flexibility index (Phi) is 63.4. The molecule has 0 aliphatic rings. The Hall–Kier alpha value is -3.75. The molecular weight excluding hydrogens is 610 g/mol. The van der Waals surface area contributed by atoms with Crippen LogP contribution in [0, 0.1) is 123 Å². The van der Waals surface area contributed by atoms with Gasteiger partial charge in [-0.05, 0) is 0 Å². The van der Waals surface area contributed by atoms with E-state index >= 15 is 0 Å². The van der Waals surface area contributed by atoms with Crippen molar-refractivity contribution in [3.8, 4) is 0 Å². The fraction of sp³-hybridized carbons (Fsp3) is 0. The fourth-order valence-corrected chi connectivity index (χ4v) is 0. The SMILES string of the molecule is O=[N+]([O-])[O-].O=[N+]([O-])[O-].O=[N+]([O-])[O-].O=[N+]([O-])[O-].O=[N+]([O-])[O-].O=[N+]([O-])[O-].[U+6]. The smallest absolute Gasteiger partial charge is 0.356 e. The first kappa shape index (κ1) is 42.9. The molecule has 0 spiro atoms. The molecule has 0 saturated heterocycles. The van der Waals surface area contributed by atoms with Gasteiger partial charge in [-0.3, -0.25) is 0 Å². The van der Waals surface area contributed by atoms with Crippen LogP contribution in [0.4, 0.5) is 0 Å². The van der Waals surface area contributed by atoms with E-state index in [9.17, 15) is 0 Å². The molecule has 0 saturated carbocycles. The monoisotopic (exact) mass is 610 g/mol. The molecule has 25 heteroatoms. The maximum atomic E-state index is 8.25. The summed E-state index contributed by atoms with van der Waals surface area (Å²) in [4.78, 5) is 49.5. The molecule has 0 aromatic carbocycles. The summed E-state index contributed by atoms with van der Waals surface area (Å²) in [6, 6.07) is 0. The number of nitrogens with zero attached hydrogens (tertiary/aromatic N) is 6. The zero-order valence-corrected chi connectivity index (χ0v) is 14.7. The van der Waals surface area contributed by atoms with Crippen LogP contribution in [0.25, 0.3) is 0 Å². The Labute approximate surface area is 154 Å². The van der Waals surface area contributed by atoms with E-state index in [1.165, 1.54) is 0 Å². The van der Waals surface area contributed by atoms with Crippen LogP contribution in [0.15, 0.2) is 0 Å². The Morgan fingerprint density at radius 3 is 0.280 bits per heavy atom. The summed E-state index contributed by atoms with van der Waals surface area (Å²) in [6.07, 6.45) is 0. The number of rotatable bonds is 0. The molecule has 0 aliphatic carbocycles. The topological polar surface area (TPSA) is 397 Å². The summed E-state index contributed by atoms with van der Waals surface area (Å²) in [7, 11) is 0. The van der Waals surface area contributed by atoms with Crippen molar-refractivity contribution in [3.63, 3.8) is 0 Å². The molecule has 0 N–H and O–H groups in total. The maximum absolute atomic E-state index is 8.25. The van der Waals surface area contributed by atoms with Crippen molar-refractivity contribution in [1.29, 1.82) is 0 Å². The molecule has 0 aromatic rings. The Bertz CT molecular complexity index is 257. The van der Waals surface area contributed by atoms with E-state index in [0.29, 0.717) is 0 Å². The van der Waals surface area contributed by atoms with E-state index in [1.807, 2.05) is 0 Å². The molecule has 0 radical (unpaired) electrons. The third-order valence-electron chi connectivity index (χ3n) is 0. The predicted molar refractivity (Wildman–Crippen MR) is 62.2 cm³/mol. The Morgan fingerprint density at radius 1 is 0.280 bits per heavy atom. The van der Waals surface area contributed by atoms with Gasteiger partial charge in [0.1, 0.15) is 0 Å². The van der Waals surface area contributed by atoms with Gasteiger partial charge in [0.05, 0.1) is 30.5 Å². The maximum Gasteiger partial charge on any atom is 6.00 e. The normalized spacial score (nSPS) is 5.76. The van der Waals surface area contributed by atoms with Gasteiger partial charge in [0, 0.05) is 0 Å². The molecule has 0 atom stereocenters. The minimum Gasteiger partial charge on any atom is -0.356 e. The van der Waals surface area contributed by atoms with Gasteiger partial charge in [-0.1, -0.05) is 0 Å². The summed E-state index contributed by atoms with van der Waals surface area (Å²) < 4.78 is 0. The van der Waals surface area contributed by atoms with Crippen molar-refractivity contribution < 1.29 is 61.6 Å². The Morgan fingerprint density at radius 2 is 0.280 bits per heavy atom. The predicted octanol–water partition coefficient (Wildman–Crippen LogP) is -1.43. The van der Waals surface area contributed by atoms with Crippen LogP contribution in [0.3, 0.4) is 0 Å². The van der Waals surface area contributed by atoms with E-state index < -0.39 is 30.5 Å². The molecule has 0 aromatic heterocycles. The van der Waals surface area contributed by atoms with Gasteiger partial charge >= 0.3 is 31.1 Å². The second-order valence-corrected chi connectivity index (χ2v) is 1.34. The van der Waals surface area contributed by atoms with Crippen LogP contribution in [0.5, 0.6) is 0 Å². The average Bonchev–Trinajstić information content (AvgIpc) is 2.08. The molecule has 0 heterocycles. The number of hydrogen-bond acceptors (Lipinski definition) is 18. The Balaban J connectivity index is -0.0000000309. The van der Waals surface area contributed by atoms with Crippen LogP contribution in [-0.4, -0.2) is 30.5 Å². The van der Waals surface area contributed by atoms with Gasteiger partial charge < -0.3 is 91.9 Å². The fourth-order valence-electron chi connectivity index (χ4n) is 0. The summed E-state index contributed by atoms with van der Waals surface area (Å²) in [6.45, 7) is 0. The summed E-state index contributed by atoms with van der Waals surface area (Å²) in [5.41, 5.74) is 0. The third kappa shape index (κ3) is 480. The van der Waals surface area contributed by atoms with Crippen LogP contribution in [-0.2, 0) is 0 Å². The van der Waals surface area contributed by atoms with E-state index in [2.05, 4.69) is 0 Å². The first-order chi connectivity index (χ1) is 10.4. The van der Waals surface area contributed by atoms with Gasteiger partial charge in [-0.25, -0.2) is 0 Å². The van der Waals surface area contributed by atoms with Gasteiger partial charge in [0.25, 0.3) is 0 Å². The molecule has 0 aliphatic heterocycles. The van der Waals surface area contributed by atoms with Crippen LogP contribution in [0.2, 0.25) is 0 Å². The first-order valence-corrected chi connectivity index (χ1v) is 3.29. The second kappa shape index (κ2) is 37.0. The molecule has 0 bridgehead atoms.